The Bertz CT molecular complexity index is 691. The maximum Gasteiger partial charge on any atom is 0.251 e. The number of anilines is 1. The number of hydrogen-bond acceptors (Lipinski definition) is 3. The van der Waals surface area contributed by atoms with Crippen LogP contribution < -0.4 is 10.2 Å². The molecule has 0 radical (unpaired) electrons. The number of benzene rings is 2. The Balaban J connectivity index is 1.45. The van der Waals surface area contributed by atoms with E-state index >= 15 is 0 Å². The second-order valence-corrected chi connectivity index (χ2v) is 6.97. The number of nitrogens with one attached hydrogen (secondary N) is 1. The van der Waals surface area contributed by atoms with Gasteiger partial charge in [-0.05, 0) is 43.2 Å². The number of para-hydroxylation sites is 1. The third-order valence-electron chi connectivity index (χ3n) is 5.24. The van der Waals surface area contributed by atoms with E-state index in [2.05, 4.69) is 59.3 Å². The maximum absolute atomic E-state index is 12.3. The number of hydrogen-bond donors (Lipinski definition) is 1. The number of carbonyl (C=O) groups is 1. The van der Waals surface area contributed by atoms with Gasteiger partial charge in [-0.2, -0.15) is 0 Å². The van der Waals surface area contributed by atoms with Gasteiger partial charge in [-0.1, -0.05) is 37.3 Å². The molecule has 0 aromatic heterocycles. The molecule has 0 aliphatic carbocycles. The lowest BCUT2D eigenvalue weighted by Crippen LogP contribution is -2.52. The molecule has 2 aromatic rings. The predicted octanol–water partition coefficient (Wildman–Crippen LogP) is 3.19. The van der Waals surface area contributed by atoms with Gasteiger partial charge in [-0.15, -0.1) is 0 Å². The van der Waals surface area contributed by atoms with E-state index in [1.165, 1.54) is 11.3 Å². The standard InChI is InChI=1S/C22H29N3O/c1-3-19-9-11-20(12-10-19)22(26)23-17-18(2)24-13-15-25(16-14-24)21-7-5-4-6-8-21/h4-12,18H,3,13-17H2,1-2H3,(H,23,26). The zero-order valence-corrected chi connectivity index (χ0v) is 15.8. The predicted molar refractivity (Wildman–Crippen MR) is 108 cm³/mol. The largest absolute Gasteiger partial charge is 0.369 e. The van der Waals surface area contributed by atoms with Gasteiger partial charge in [0.05, 0.1) is 0 Å². The summed E-state index contributed by atoms with van der Waals surface area (Å²) in [6, 6.07) is 18.8. The maximum atomic E-state index is 12.3. The van der Waals surface area contributed by atoms with Gasteiger partial charge in [0.2, 0.25) is 0 Å². The molecule has 0 bridgehead atoms. The SMILES string of the molecule is CCc1ccc(C(=O)NCC(C)N2CCN(c3ccccc3)CC2)cc1. The molecule has 3 rings (SSSR count). The van der Waals surface area contributed by atoms with Gasteiger partial charge in [0.15, 0.2) is 0 Å². The molecule has 1 saturated heterocycles. The van der Waals surface area contributed by atoms with Crippen LogP contribution in [0.15, 0.2) is 54.6 Å². The first-order valence-corrected chi connectivity index (χ1v) is 9.58. The summed E-state index contributed by atoms with van der Waals surface area (Å²) < 4.78 is 0. The average molecular weight is 351 g/mol. The molecule has 4 nitrogen and oxygen atoms in total. The summed E-state index contributed by atoms with van der Waals surface area (Å²) in [5.74, 6) is 0.0161. The number of piperazine rings is 1. The molecule has 1 N–H and O–H groups in total. The minimum absolute atomic E-state index is 0.0161. The molecule has 1 unspecified atom stereocenters. The number of nitrogens with zero attached hydrogens (tertiary/aromatic N) is 2. The highest BCUT2D eigenvalue weighted by molar-refractivity contribution is 5.94. The van der Waals surface area contributed by atoms with E-state index in [1.54, 1.807) is 0 Å². The van der Waals surface area contributed by atoms with Crippen LogP contribution in [0.5, 0.6) is 0 Å². The molecule has 1 amide bonds. The van der Waals surface area contributed by atoms with E-state index in [1.807, 2.05) is 24.3 Å². The first-order chi connectivity index (χ1) is 12.7. The normalized spacial score (nSPS) is 16.3. The summed E-state index contributed by atoms with van der Waals surface area (Å²) in [5.41, 5.74) is 3.29. The van der Waals surface area contributed by atoms with Crippen molar-refractivity contribution in [1.29, 1.82) is 0 Å². The van der Waals surface area contributed by atoms with Crippen molar-refractivity contribution in [2.24, 2.45) is 0 Å². The minimum atomic E-state index is 0.0161. The number of aryl methyl sites for hydroxylation is 1. The number of carbonyl (C=O) groups excluding carboxylic acids is 1. The Morgan fingerprint density at radius 1 is 1.00 bits per heavy atom. The van der Waals surface area contributed by atoms with Crippen molar-refractivity contribution in [3.63, 3.8) is 0 Å². The van der Waals surface area contributed by atoms with E-state index in [0.29, 0.717) is 12.6 Å². The second-order valence-electron chi connectivity index (χ2n) is 6.97. The Morgan fingerprint density at radius 2 is 1.65 bits per heavy atom. The quantitative estimate of drug-likeness (QED) is 0.868. The first-order valence-electron chi connectivity index (χ1n) is 9.58. The molecule has 1 fully saturated rings. The lowest BCUT2D eigenvalue weighted by Gasteiger charge is -2.39. The van der Waals surface area contributed by atoms with Crippen LogP contribution in [-0.2, 0) is 6.42 Å². The van der Waals surface area contributed by atoms with E-state index in [4.69, 9.17) is 0 Å². The summed E-state index contributed by atoms with van der Waals surface area (Å²) in [5, 5.41) is 3.08. The molecular formula is C22H29N3O. The van der Waals surface area contributed by atoms with Gasteiger partial charge >= 0.3 is 0 Å². The highest BCUT2D eigenvalue weighted by atomic mass is 16.1. The molecule has 26 heavy (non-hydrogen) atoms. The van der Waals surface area contributed by atoms with E-state index in [-0.39, 0.29) is 5.91 Å². The van der Waals surface area contributed by atoms with Crippen LogP contribution in [0.4, 0.5) is 5.69 Å². The van der Waals surface area contributed by atoms with Gasteiger partial charge in [0.1, 0.15) is 0 Å². The van der Waals surface area contributed by atoms with Crippen LogP contribution in [0.3, 0.4) is 0 Å². The molecule has 0 spiro atoms. The fourth-order valence-corrected chi connectivity index (χ4v) is 3.42. The molecule has 1 aliphatic rings. The summed E-state index contributed by atoms with van der Waals surface area (Å²) in [6.07, 6.45) is 0.994. The van der Waals surface area contributed by atoms with Crippen molar-refractivity contribution >= 4 is 11.6 Å². The summed E-state index contributed by atoms with van der Waals surface area (Å²) in [4.78, 5) is 17.2. The van der Waals surface area contributed by atoms with Crippen LogP contribution >= 0.6 is 0 Å². The lowest BCUT2D eigenvalue weighted by molar-refractivity contribution is 0.0934. The number of amides is 1. The summed E-state index contributed by atoms with van der Waals surface area (Å²) in [6.45, 7) is 9.10. The van der Waals surface area contributed by atoms with Gasteiger partial charge in [0.25, 0.3) is 5.91 Å². The van der Waals surface area contributed by atoms with Crippen molar-refractivity contribution in [2.45, 2.75) is 26.3 Å². The van der Waals surface area contributed by atoms with Crippen molar-refractivity contribution in [2.75, 3.05) is 37.6 Å². The third kappa shape index (κ3) is 4.64. The fraction of sp³-hybridized carbons (Fsp3) is 0.409. The van der Waals surface area contributed by atoms with Crippen LogP contribution in [0, 0.1) is 0 Å². The van der Waals surface area contributed by atoms with E-state index < -0.39 is 0 Å². The molecule has 4 heteroatoms. The van der Waals surface area contributed by atoms with Gasteiger partial charge in [0, 0.05) is 50.0 Å². The molecule has 1 atom stereocenters. The highest BCUT2D eigenvalue weighted by Crippen LogP contribution is 2.16. The van der Waals surface area contributed by atoms with Crippen LogP contribution in [-0.4, -0.2) is 49.6 Å². The van der Waals surface area contributed by atoms with Crippen LogP contribution in [0.2, 0.25) is 0 Å². The van der Waals surface area contributed by atoms with Gasteiger partial charge < -0.3 is 10.2 Å². The Hall–Kier alpha value is -2.33. The summed E-state index contributed by atoms with van der Waals surface area (Å²) >= 11 is 0. The van der Waals surface area contributed by atoms with E-state index in [9.17, 15) is 4.79 Å². The molecule has 1 heterocycles. The van der Waals surface area contributed by atoms with Gasteiger partial charge in [-0.25, -0.2) is 0 Å². The molecule has 138 valence electrons. The first kappa shape index (κ1) is 18.5. The zero-order chi connectivity index (χ0) is 18.4. The zero-order valence-electron chi connectivity index (χ0n) is 15.8. The van der Waals surface area contributed by atoms with Gasteiger partial charge in [-0.3, -0.25) is 9.69 Å². The lowest BCUT2D eigenvalue weighted by atomic mass is 10.1. The third-order valence-corrected chi connectivity index (χ3v) is 5.24. The van der Waals surface area contributed by atoms with Crippen molar-refractivity contribution in [3.05, 3.63) is 65.7 Å². The monoisotopic (exact) mass is 351 g/mol. The number of rotatable bonds is 6. The molecular weight excluding hydrogens is 322 g/mol. The van der Waals surface area contributed by atoms with E-state index in [0.717, 1.165) is 38.2 Å². The Kier molecular flexibility index (Phi) is 6.29. The molecule has 1 aliphatic heterocycles. The summed E-state index contributed by atoms with van der Waals surface area (Å²) in [7, 11) is 0. The van der Waals surface area contributed by atoms with Crippen molar-refractivity contribution in [3.8, 4) is 0 Å². The van der Waals surface area contributed by atoms with Crippen LogP contribution in [0.1, 0.15) is 29.8 Å². The minimum Gasteiger partial charge on any atom is -0.369 e. The average Bonchev–Trinajstić information content (AvgIpc) is 2.72. The topological polar surface area (TPSA) is 35.6 Å². The Morgan fingerprint density at radius 3 is 2.27 bits per heavy atom. The molecule has 2 aromatic carbocycles. The molecule has 0 saturated carbocycles. The fourth-order valence-electron chi connectivity index (χ4n) is 3.42. The van der Waals surface area contributed by atoms with Crippen molar-refractivity contribution in [1.82, 2.24) is 10.2 Å². The second kappa shape index (κ2) is 8.86. The van der Waals surface area contributed by atoms with Crippen molar-refractivity contribution < 1.29 is 4.79 Å². The van der Waals surface area contributed by atoms with Crippen LogP contribution in [0.25, 0.3) is 0 Å². The smallest absolute Gasteiger partial charge is 0.251 e. The Labute approximate surface area is 156 Å². The highest BCUT2D eigenvalue weighted by Gasteiger charge is 2.21.